The summed E-state index contributed by atoms with van der Waals surface area (Å²) in [6, 6.07) is 84.7. The smallest absolute Gasteiger partial charge is 0.164 e. The van der Waals surface area contributed by atoms with Gasteiger partial charge in [-0.3, -0.25) is 0 Å². The third-order valence-electron chi connectivity index (χ3n) is 13.0. The molecule has 0 aliphatic carbocycles. The van der Waals surface area contributed by atoms with Crippen LogP contribution in [0.2, 0.25) is 0 Å². The van der Waals surface area contributed by atoms with Crippen LogP contribution in [0.4, 0.5) is 0 Å². The summed E-state index contributed by atoms with van der Waals surface area (Å²) in [7, 11) is 0. The summed E-state index contributed by atoms with van der Waals surface area (Å²) in [6.45, 7) is 0. The highest BCUT2D eigenvalue weighted by Gasteiger charge is 2.17. The second-order valence-corrected chi connectivity index (χ2v) is 17.6. The lowest BCUT2D eigenvalue weighted by atomic mass is 9.92. The first kappa shape index (κ1) is 40.7. The molecule has 0 amide bonds. The molecular weight excluding hydrogens is 853 g/mol. The Morgan fingerprint density at radius 2 is 0.386 bits per heavy atom. The molecule has 0 saturated carbocycles. The van der Waals surface area contributed by atoms with Crippen LogP contribution in [-0.4, -0.2) is 29.9 Å². The Labute approximate surface area is 404 Å². The molecule has 0 spiro atoms. The molecule has 0 aliphatic heterocycles. The molecule has 0 atom stereocenters. The highest BCUT2D eigenvalue weighted by molar-refractivity contribution is 6.01. The van der Waals surface area contributed by atoms with Gasteiger partial charge in [-0.1, -0.05) is 188 Å². The Kier molecular flexibility index (Phi) is 10.1. The maximum Gasteiger partial charge on any atom is 0.164 e. The molecule has 13 rings (SSSR count). The van der Waals surface area contributed by atoms with Gasteiger partial charge in [0.15, 0.2) is 34.9 Å². The fourth-order valence-corrected chi connectivity index (χ4v) is 9.39. The van der Waals surface area contributed by atoms with Crippen LogP contribution < -0.4 is 0 Å². The van der Waals surface area contributed by atoms with E-state index in [1.165, 1.54) is 43.1 Å². The first-order chi connectivity index (χ1) is 34.6. The topological polar surface area (TPSA) is 77.3 Å². The maximum absolute atomic E-state index is 5.28. The van der Waals surface area contributed by atoms with Crippen molar-refractivity contribution >= 4 is 43.1 Å². The summed E-state index contributed by atoms with van der Waals surface area (Å²) in [4.78, 5) is 30.5. The summed E-state index contributed by atoms with van der Waals surface area (Å²) in [5.74, 6) is 3.52. The monoisotopic (exact) mass is 892 g/mol. The second kappa shape index (κ2) is 17.3. The summed E-state index contributed by atoms with van der Waals surface area (Å²) < 4.78 is 0. The predicted molar refractivity (Wildman–Crippen MR) is 287 cm³/mol. The van der Waals surface area contributed by atoms with Gasteiger partial charge in [-0.05, 0) is 120 Å². The average molecular weight is 893 g/mol. The molecule has 2 aromatic heterocycles. The van der Waals surface area contributed by atoms with Crippen molar-refractivity contribution < 1.29 is 0 Å². The van der Waals surface area contributed by atoms with Gasteiger partial charge < -0.3 is 0 Å². The Morgan fingerprint density at radius 3 is 0.729 bits per heavy atom. The first-order valence-electron chi connectivity index (χ1n) is 23.4. The van der Waals surface area contributed by atoms with Crippen molar-refractivity contribution in [3.63, 3.8) is 0 Å². The van der Waals surface area contributed by atoms with E-state index in [1.807, 2.05) is 115 Å². The minimum atomic E-state index is 0.558. The number of nitrogens with zero attached hydrogens (tertiary/aromatic N) is 6. The van der Waals surface area contributed by atoms with Gasteiger partial charge in [0.1, 0.15) is 0 Å². The number of rotatable bonds is 8. The molecule has 326 valence electrons. The Bertz CT molecular complexity index is 3910. The highest BCUT2D eigenvalue weighted by atomic mass is 15.0. The maximum atomic E-state index is 5.28. The molecular formula is C64H40N6. The van der Waals surface area contributed by atoms with Crippen molar-refractivity contribution in [3.05, 3.63) is 243 Å². The summed E-state index contributed by atoms with van der Waals surface area (Å²) in [6.07, 6.45) is 0. The van der Waals surface area contributed by atoms with Crippen molar-refractivity contribution in [3.8, 4) is 90.6 Å². The van der Waals surface area contributed by atoms with Crippen LogP contribution in [0, 0.1) is 0 Å². The van der Waals surface area contributed by atoms with Gasteiger partial charge in [-0.25, -0.2) is 29.9 Å². The molecule has 0 bridgehead atoms. The Balaban J connectivity index is 0.956. The van der Waals surface area contributed by atoms with Crippen molar-refractivity contribution in [1.29, 1.82) is 0 Å². The van der Waals surface area contributed by atoms with Gasteiger partial charge in [0.25, 0.3) is 0 Å². The quantitative estimate of drug-likeness (QED) is 0.141. The normalized spacial score (nSPS) is 11.4. The number of hydrogen-bond donors (Lipinski definition) is 0. The van der Waals surface area contributed by atoms with Gasteiger partial charge >= 0.3 is 0 Å². The lowest BCUT2D eigenvalue weighted by molar-refractivity contribution is 1.07. The average Bonchev–Trinajstić information content (AvgIpc) is 3.44. The van der Waals surface area contributed by atoms with Crippen LogP contribution >= 0.6 is 0 Å². The van der Waals surface area contributed by atoms with Crippen LogP contribution in [-0.2, 0) is 0 Å². The lowest BCUT2D eigenvalue weighted by Crippen LogP contribution is -2.01. The van der Waals surface area contributed by atoms with Crippen molar-refractivity contribution in [2.75, 3.05) is 0 Å². The molecule has 13 aromatic rings. The zero-order valence-electron chi connectivity index (χ0n) is 37.8. The van der Waals surface area contributed by atoms with Crippen LogP contribution in [0.3, 0.4) is 0 Å². The molecule has 0 fully saturated rings. The van der Waals surface area contributed by atoms with Gasteiger partial charge in [-0.15, -0.1) is 0 Å². The molecule has 0 aliphatic rings. The SMILES string of the molecule is c1ccc(-c2nc(-c3ccccc3)nc(-c3ccc(-c4nc(-c5ccccc5)nc(-c5cc(-c6ccc7cc8ccccc8cc7c6)cc(-c6ccc7cc8ccccc8cc7c6)c5)n4)cc3)n2)cc1. The molecule has 0 unspecified atom stereocenters. The lowest BCUT2D eigenvalue weighted by Gasteiger charge is -2.14. The zero-order valence-corrected chi connectivity index (χ0v) is 37.8. The van der Waals surface area contributed by atoms with Gasteiger partial charge in [0.05, 0.1) is 0 Å². The van der Waals surface area contributed by atoms with E-state index in [-0.39, 0.29) is 0 Å². The molecule has 11 aromatic carbocycles. The van der Waals surface area contributed by atoms with Crippen molar-refractivity contribution in [1.82, 2.24) is 29.9 Å². The van der Waals surface area contributed by atoms with E-state index in [9.17, 15) is 0 Å². The van der Waals surface area contributed by atoms with E-state index in [1.54, 1.807) is 0 Å². The number of aromatic nitrogens is 6. The second-order valence-electron chi connectivity index (χ2n) is 17.6. The van der Waals surface area contributed by atoms with E-state index in [2.05, 4.69) is 127 Å². The fourth-order valence-electron chi connectivity index (χ4n) is 9.39. The Hall–Kier alpha value is -9.52. The number of fused-ring (bicyclic) bond motifs is 4. The largest absolute Gasteiger partial charge is 0.208 e. The zero-order chi connectivity index (χ0) is 46.4. The fraction of sp³-hybridized carbons (Fsp3) is 0. The van der Waals surface area contributed by atoms with Crippen LogP contribution in [0.15, 0.2) is 243 Å². The van der Waals surface area contributed by atoms with Crippen LogP contribution in [0.1, 0.15) is 0 Å². The van der Waals surface area contributed by atoms with Crippen LogP contribution in [0.5, 0.6) is 0 Å². The number of benzene rings is 11. The molecule has 2 heterocycles. The summed E-state index contributed by atoms with van der Waals surface area (Å²) in [5, 5.41) is 9.65. The summed E-state index contributed by atoms with van der Waals surface area (Å²) >= 11 is 0. The molecule has 6 heteroatoms. The molecule has 6 nitrogen and oxygen atoms in total. The number of hydrogen-bond acceptors (Lipinski definition) is 6. The first-order valence-corrected chi connectivity index (χ1v) is 23.4. The Morgan fingerprint density at radius 1 is 0.143 bits per heavy atom. The minimum absolute atomic E-state index is 0.558. The summed E-state index contributed by atoms with van der Waals surface area (Å²) in [5.41, 5.74) is 9.65. The highest BCUT2D eigenvalue weighted by Crippen LogP contribution is 2.37. The molecule has 70 heavy (non-hydrogen) atoms. The van der Waals surface area contributed by atoms with Crippen molar-refractivity contribution in [2.24, 2.45) is 0 Å². The third-order valence-corrected chi connectivity index (χ3v) is 13.0. The van der Waals surface area contributed by atoms with E-state index in [4.69, 9.17) is 29.9 Å². The standard InChI is InChI=1S/C64H40N6/c1-4-14-41(15-5-1)59-65-60(42-16-6-2-7-17-42)67-62(66-59)44-24-26-45(27-25-44)63-68-61(43-18-8-3-9-19-43)69-64(70-63)58-39-56(52-30-28-50-32-46-20-10-12-22-48(46)34-54(50)36-52)38-57(40-58)53-31-29-51-33-47-21-11-13-23-49(47)35-55(51)37-53/h1-40H. The predicted octanol–water partition coefficient (Wildman–Crippen LogP) is 16.0. The molecule has 0 radical (unpaired) electrons. The van der Waals surface area contributed by atoms with Gasteiger partial charge in [0.2, 0.25) is 0 Å². The van der Waals surface area contributed by atoms with Crippen LogP contribution in [0.25, 0.3) is 134 Å². The van der Waals surface area contributed by atoms with E-state index in [0.717, 1.165) is 55.6 Å². The van der Waals surface area contributed by atoms with E-state index >= 15 is 0 Å². The third kappa shape index (κ3) is 7.89. The van der Waals surface area contributed by atoms with E-state index < -0.39 is 0 Å². The molecule has 0 N–H and O–H groups in total. The van der Waals surface area contributed by atoms with Gasteiger partial charge in [-0.2, -0.15) is 0 Å². The van der Waals surface area contributed by atoms with E-state index in [0.29, 0.717) is 34.9 Å². The van der Waals surface area contributed by atoms with Crippen molar-refractivity contribution in [2.45, 2.75) is 0 Å². The molecule has 0 saturated heterocycles. The van der Waals surface area contributed by atoms with Gasteiger partial charge in [0, 0.05) is 33.4 Å². The minimum Gasteiger partial charge on any atom is -0.208 e.